The number of allylic oxidation sites excluding steroid dienone is 1. The monoisotopic (exact) mass is 544 g/mol. The van der Waals surface area contributed by atoms with E-state index in [0.29, 0.717) is 16.7 Å². The molecule has 0 amide bonds. The number of Topliss-reactive ketones (excluding diaryl/α,β-unsaturated/α-hetero) is 2. The molecule has 0 saturated heterocycles. The van der Waals surface area contributed by atoms with Crippen LogP contribution in [0.2, 0.25) is 0 Å². The summed E-state index contributed by atoms with van der Waals surface area (Å²) in [6, 6.07) is 33.4. The first-order chi connectivity index (χ1) is 18.0. The topological polar surface area (TPSA) is 61.2 Å². The van der Waals surface area contributed by atoms with Crippen LogP contribution in [0.25, 0.3) is 16.8 Å². The molecule has 1 aromatic heterocycles. The summed E-state index contributed by atoms with van der Waals surface area (Å²) >= 11 is -0.151. The van der Waals surface area contributed by atoms with Crippen molar-refractivity contribution >= 4 is 58.9 Å². The number of hydrogen-bond acceptors (Lipinski definition) is 4. The van der Waals surface area contributed by atoms with Crippen LogP contribution in [0.5, 0.6) is 0 Å². The number of anilines is 3. The van der Waals surface area contributed by atoms with Crippen molar-refractivity contribution in [3.05, 3.63) is 129 Å². The summed E-state index contributed by atoms with van der Waals surface area (Å²) in [5.74, 6) is -0.418. The first kappa shape index (κ1) is 22.9. The normalized spacial score (nSPS) is 12.5. The minimum absolute atomic E-state index is 0.151. The van der Waals surface area contributed by atoms with Gasteiger partial charge in [-0.3, -0.25) is 0 Å². The van der Waals surface area contributed by atoms with Crippen LogP contribution in [-0.4, -0.2) is 26.1 Å². The van der Waals surface area contributed by atoms with Crippen LogP contribution in [0.15, 0.2) is 103 Å². The quantitative estimate of drug-likeness (QED) is 0.139. The van der Waals surface area contributed by atoms with E-state index in [9.17, 15) is 14.9 Å². The van der Waals surface area contributed by atoms with Crippen LogP contribution < -0.4 is 4.90 Å². The van der Waals surface area contributed by atoms with Crippen LogP contribution in [0, 0.1) is 18.3 Å². The van der Waals surface area contributed by atoms with Crippen LogP contribution in [0.3, 0.4) is 0 Å². The van der Waals surface area contributed by atoms with Gasteiger partial charge >= 0.3 is 221 Å². The molecule has 4 nitrogen and oxygen atoms in total. The molecule has 0 aliphatic heterocycles. The molecule has 6 rings (SSSR count). The summed E-state index contributed by atoms with van der Waals surface area (Å²) < 4.78 is 2.04. The van der Waals surface area contributed by atoms with E-state index in [1.54, 1.807) is 30.3 Å². The minimum atomic E-state index is -0.209. The molecule has 0 unspecified atom stereocenters. The number of hydrogen-bond donors (Lipinski definition) is 0. The summed E-state index contributed by atoms with van der Waals surface area (Å²) in [5.41, 5.74) is 4.98. The van der Waals surface area contributed by atoms with E-state index in [0.717, 1.165) is 25.8 Å². The maximum atomic E-state index is 12.9. The second-order valence-corrected chi connectivity index (χ2v) is 11.2. The van der Waals surface area contributed by atoms with Crippen molar-refractivity contribution in [3.8, 4) is 6.07 Å². The Morgan fingerprint density at radius 3 is 2.08 bits per heavy atom. The van der Waals surface area contributed by atoms with E-state index in [-0.39, 0.29) is 31.6 Å². The van der Waals surface area contributed by atoms with E-state index in [1.165, 1.54) is 10.9 Å². The van der Waals surface area contributed by atoms with E-state index in [1.807, 2.05) is 42.5 Å². The van der Waals surface area contributed by atoms with Crippen molar-refractivity contribution < 1.29 is 9.59 Å². The summed E-state index contributed by atoms with van der Waals surface area (Å²) in [5, 5.41) is 11.6. The second-order valence-electron chi connectivity index (χ2n) is 8.88. The predicted octanol–water partition coefficient (Wildman–Crippen LogP) is 7.01. The molecule has 1 heterocycles. The van der Waals surface area contributed by atoms with Crippen molar-refractivity contribution in [2.24, 2.45) is 0 Å². The van der Waals surface area contributed by atoms with Gasteiger partial charge in [-0.05, 0) is 0 Å². The molecule has 1 aliphatic carbocycles. The third-order valence-electron chi connectivity index (χ3n) is 6.64. The Labute approximate surface area is 220 Å². The van der Waals surface area contributed by atoms with Gasteiger partial charge in [0.05, 0.1) is 0 Å². The molecule has 0 N–H and O–H groups in total. The van der Waals surface area contributed by atoms with E-state index < -0.39 is 0 Å². The Morgan fingerprint density at radius 1 is 0.757 bits per heavy atom. The maximum absolute atomic E-state index is 12.9. The van der Waals surface area contributed by atoms with Gasteiger partial charge in [-0.25, -0.2) is 0 Å². The first-order valence-corrected chi connectivity index (χ1v) is 13.5. The van der Waals surface area contributed by atoms with Gasteiger partial charge < -0.3 is 0 Å². The first-order valence-electron chi connectivity index (χ1n) is 11.8. The van der Waals surface area contributed by atoms with Gasteiger partial charge in [0.2, 0.25) is 0 Å². The van der Waals surface area contributed by atoms with Gasteiger partial charge in [-0.1, -0.05) is 0 Å². The van der Waals surface area contributed by atoms with Crippen molar-refractivity contribution in [1.82, 2.24) is 0 Å². The van der Waals surface area contributed by atoms with Crippen LogP contribution in [0.4, 0.5) is 15.9 Å². The molecule has 0 bridgehead atoms. The molecule has 5 heteroatoms. The molecule has 0 atom stereocenters. The Bertz CT molecular complexity index is 1750. The standard InChI is InChI=1S/C32H20N2O2Se/c1-20-10-16-29(25-7-3-2-6-24(20)25)34(22-13-11-21(19-33)12-14-22)30-17-15-23(37-30)18-28-31(35)26-8-4-5-9-27(26)32(28)36/h2-18H,1H3. The van der Waals surface area contributed by atoms with E-state index >= 15 is 0 Å². The number of nitriles is 1. The molecular weight excluding hydrogens is 523 g/mol. The number of nitrogens with zero attached hydrogens (tertiary/aromatic N) is 2. The van der Waals surface area contributed by atoms with Crippen LogP contribution >= 0.6 is 0 Å². The van der Waals surface area contributed by atoms with Gasteiger partial charge in [0.15, 0.2) is 0 Å². The number of ketones is 2. The SMILES string of the molecule is Cc1ccc(N(c2ccc(C#N)cc2)c2ccc(C=C3C(=O)c4ccccc4C3=O)[se]2)c2ccccc12. The third kappa shape index (κ3) is 3.93. The second kappa shape index (κ2) is 9.18. The summed E-state index contributed by atoms with van der Waals surface area (Å²) in [4.78, 5) is 28.1. The average molecular weight is 543 g/mol. The fourth-order valence-electron chi connectivity index (χ4n) is 4.78. The number of benzene rings is 4. The Hall–Kier alpha value is -4.49. The van der Waals surface area contributed by atoms with E-state index in [4.69, 9.17) is 0 Å². The van der Waals surface area contributed by atoms with Gasteiger partial charge in [-0.15, -0.1) is 0 Å². The van der Waals surface area contributed by atoms with Gasteiger partial charge in [0.1, 0.15) is 0 Å². The predicted molar refractivity (Wildman–Crippen MR) is 148 cm³/mol. The summed E-state index contributed by atoms with van der Waals surface area (Å²) in [7, 11) is 0. The fourth-order valence-corrected chi connectivity index (χ4v) is 6.85. The van der Waals surface area contributed by atoms with E-state index in [2.05, 4.69) is 48.2 Å². The van der Waals surface area contributed by atoms with Gasteiger partial charge in [0.25, 0.3) is 0 Å². The number of carbonyl (C=O) groups is 2. The van der Waals surface area contributed by atoms with Crippen molar-refractivity contribution in [2.45, 2.75) is 6.92 Å². The Balaban J connectivity index is 1.48. The molecule has 0 fully saturated rings. The Morgan fingerprint density at radius 2 is 1.41 bits per heavy atom. The zero-order valence-corrected chi connectivity index (χ0v) is 21.6. The Kier molecular flexibility index (Phi) is 5.69. The van der Waals surface area contributed by atoms with Crippen molar-refractivity contribution in [1.29, 1.82) is 5.26 Å². The third-order valence-corrected chi connectivity index (χ3v) is 8.77. The zero-order chi connectivity index (χ0) is 25.5. The molecule has 0 saturated carbocycles. The van der Waals surface area contributed by atoms with Gasteiger partial charge in [-0.2, -0.15) is 0 Å². The van der Waals surface area contributed by atoms with Crippen molar-refractivity contribution in [2.75, 3.05) is 4.90 Å². The molecule has 4 aromatic carbocycles. The number of carbonyl (C=O) groups excluding carboxylic acids is 2. The zero-order valence-electron chi connectivity index (χ0n) is 19.9. The number of fused-ring (bicyclic) bond motifs is 2. The molecule has 176 valence electrons. The molecule has 0 radical (unpaired) electrons. The van der Waals surface area contributed by atoms with Crippen LogP contribution in [0.1, 0.15) is 36.3 Å². The number of rotatable bonds is 4. The average Bonchev–Trinajstić information content (AvgIpc) is 3.49. The molecule has 37 heavy (non-hydrogen) atoms. The molecule has 5 aromatic rings. The summed E-state index contributed by atoms with van der Waals surface area (Å²) in [6.45, 7) is 2.11. The van der Waals surface area contributed by atoms with Gasteiger partial charge in [0, 0.05) is 0 Å². The molecule has 1 aliphatic rings. The fraction of sp³-hybridized carbons (Fsp3) is 0.0312. The molecular formula is C32H20N2O2Se. The summed E-state index contributed by atoms with van der Waals surface area (Å²) in [6.07, 6.45) is 1.76. The molecule has 0 spiro atoms. The van der Waals surface area contributed by atoms with Crippen molar-refractivity contribution in [3.63, 3.8) is 0 Å². The number of aryl methyl sites for hydroxylation is 1. The van der Waals surface area contributed by atoms with Crippen LogP contribution in [-0.2, 0) is 0 Å².